The molecule has 0 saturated carbocycles. The second-order valence-corrected chi connectivity index (χ2v) is 6.64. The summed E-state index contributed by atoms with van der Waals surface area (Å²) in [6.45, 7) is 3.76. The van der Waals surface area contributed by atoms with Gasteiger partial charge in [-0.15, -0.1) is 0 Å². The first kappa shape index (κ1) is 15.1. The van der Waals surface area contributed by atoms with Crippen LogP contribution in [0, 0.1) is 5.92 Å². The quantitative estimate of drug-likeness (QED) is 0.858. The number of pyridine rings is 1. The van der Waals surface area contributed by atoms with Crippen molar-refractivity contribution in [1.82, 2.24) is 20.2 Å². The maximum absolute atomic E-state index is 13.0. The summed E-state index contributed by atoms with van der Waals surface area (Å²) in [6, 6.07) is 3.72. The Hall–Kier alpha value is -2.41. The smallest absolute Gasteiger partial charge is 0.273 e. The third kappa shape index (κ3) is 2.36. The van der Waals surface area contributed by atoms with Gasteiger partial charge in [-0.1, -0.05) is 0 Å². The number of fused-ring (bicyclic) bond motifs is 2. The Labute approximate surface area is 139 Å². The second kappa shape index (κ2) is 5.59. The van der Waals surface area contributed by atoms with E-state index >= 15 is 0 Å². The molecule has 2 atom stereocenters. The van der Waals surface area contributed by atoms with Crippen molar-refractivity contribution < 1.29 is 14.3 Å². The van der Waals surface area contributed by atoms with Gasteiger partial charge >= 0.3 is 0 Å². The van der Waals surface area contributed by atoms with Gasteiger partial charge in [-0.2, -0.15) is 0 Å². The minimum atomic E-state index is -0.383. The summed E-state index contributed by atoms with van der Waals surface area (Å²) in [5, 5.41) is 3.91. The number of aromatic amines is 1. The van der Waals surface area contributed by atoms with Gasteiger partial charge in [0.25, 0.3) is 5.91 Å². The molecule has 7 heteroatoms. The predicted octanol–water partition coefficient (Wildman–Crippen LogP) is 0.930. The highest BCUT2D eigenvalue weighted by molar-refractivity contribution is 6.04. The first-order valence-corrected chi connectivity index (χ1v) is 8.17. The second-order valence-electron chi connectivity index (χ2n) is 6.64. The third-order valence-corrected chi connectivity index (χ3v) is 5.10. The topological polar surface area (TPSA) is 87.3 Å². The molecule has 2 saturated heterocycles. The van der Waals surface area contributed by atoms with Crippen LogP contribution in [0.5, 0.6) is 0 Å². The molecule has 2 amide bonds. The van der Waals surface area contributed by atoms with Crippen LogP contribution < -0.4 is 5.32 Å². The average molecular weight is 328 g/mol. The molecule has 2 aromatic heterocycles. The summed E-state index contributed by atoms with van der Waals surface area (Å²) in [6.07, 6.45) is 4.17. The monoisotopic (exact) mass is 328 g/mol. The molecule has 7 nitrogen and oxygen atoms in total. The van der Waals surface area contributed by atoms with Crippen LogP contribution in [0.2, 0.25) is 0 Å². The lowest BCUT2D eigenvalue weighted by molar-refractivity contribution is -0.122. The highest BCUT2D eigenvalue weighted by Crippen LogP contribution is 2.35. The average Bonchev–Trinajstić information content (AvgIpc) is 3.17. The number of aromatic nitrogens is 2. The Morgan fingerprint density at radius 2 is 2.33 bits per heavy atom. The first-order valence-electron chi connectivity index (χ1n) is 8.17. The molecule has 24 heavy (non-hydrogen) atoms. The van der Waals surface area contributed by atoms with E-state index in [0.29, 0.717) is 32.0 Å². The van der Waals surface area contributed by atoms with Gasteiger partial charge in [-0.05, 0) is 18.6 Å². The SMILES string of the molecule is CC(=O)NC12CCOCC1CN(C(=O)c1nccc3[nH]ccc13)C2. The minimum absolute atomic E-state index is 0.0675. The van der Waals surface area contributed by atoms with Crippen molar-refractivity contribution in [2.75, 3.05) is 26.3 Å². The van der Waals surface area contributed by atoms with Gasteiger partial charge < -0.3 is 19.9 Å². The van der Waals surface area contributed by atoms with Gasteiger partial charge in [0.1, 0.15) is 5.69 Å². The molecule has 2 N–H and O–H groups in total. The van der Waals surface area contributed by atoms with E-state index in [4.69, 9.17) is 4.74 Å². The normalized spacial score (nSPS) is 26.4. The standard InChI is InChI=1S/C17H20N4O3/c1-11(22)20-17-4-7-24-9-12(17)8-21(10-17)16(23)15-13-2-5-18-14(13)3-6-19-15/h2-3,5-6,12,18H,4,7-10H2,1H3,(H,20,22). The van der Waals surface area contributed by atoms with Gasteiger partial charge in [0, 0.05) is 55.8 Å². The van der Waals surface area contributed by atoms with Crippen molar-refractivity contribution in [3.63, 3.8) is 0 Å². The van der Waals surface area contributed by atoms with E-state index in [1.165, 1.54) is 6.92 Å². The number of hydrogen-bond donors (Lipinski definition) is 2. The molecule has 4 rings (SSSR count). The molecular formula is C17H20N4O3. The molecule has 4 heterocycles. The van der Waals surface area contributed by atoms with Crippen molar-refractivity contribution in [2.45, 2.75) is 18.9 Å². The Morgan fingerprint density at radius 3 is 3.17 bits per heavy atom. The van der Waals surface area contributed by atoms with Gasteiger partial charge in [0.15, 0.2) is 0 Å². The van der Waals surface area contributed by atoms with Crippen LogP contribution in [0.15, 0.2) is 24.5 Å². The maximum atomic E-state index is 13.0. The zero-order chi connectivity index (χ0) is 16.7. The first-order chi connectivity index (χ1) is 11.6. The number of carbonyl (C=O) groups is 2. The number of carbonyl (C=O) groups excluding carboxylic acids is 2. The summed E-state index contributed by atoms with van der Waals surface area (Å²) in [5.41, 5.74) is 0.961. The van der Waals surface area contributed by atoms with Gasteiger partial charge in [0.2, 0.25) is 5.91 Å². The molecule has 0 spiro atoms. The molecule has 0 radical (unpaired) electrons. The number of rotatable bonds is 2. The Balaban J connectivity index is 1.64. The van der Waals surface area contributed by atoms with Crippen LogP contribution in [-0.4, -0.2) is 58.5 Å². The van der Waals surface area contributed by atoms with Crippen molar-refractivity contribution in [2.24, 2.45) is 5.92 Å². The van der Waals surface area contributed by atoms with E-state index in [-0.39, 0.29) is 23.3 Å². The van der Waals surface area contributed by atoms with E-state index in [9.17, 15) is 9.59 Å². The van der Waals surface area contributed by atoms with Crippen LogP contribution in [0.1, 0.15) is 23.8 Å². The number of hydrogen-bond acceptors (Lipinski definition) is 4. The van der Waals surface area contributed by atoms with Crippen molar-refractivity contribution in [1.29, 1.82) is 0 Å². The number of nitrogens with zero attached hydrogens (tertiary/aromatic N) is 2. The summed E-state index contributed by atoms with van der Waals surface area (Å²) >= 11 is 0. The Bertz CT molecular complexity index is 802. The van der Waals surface area contributed by atoms with Crippen molar-refractivity contribution in [3.8, 4) is 0 Å². The summed E-state index contributed by atoms with van der Waals surface area (Å²) in [4.78, 5) is 33.9. The third-order valence-electron chi connectivity index (χ3n) is 5.10. The molecular weight excluding hydrogens is 308 g/mol. The number of H-pyrrole nitrogens is 1. The zero-order valence-electron chi connectivity index (χ0n) is 13.5. The molecule has 2 aromatic rings. The van der Waals surface area contributed by atoms with Crippen LogP contribution >= 0.6 is 0 Å². The largest absolute Gasteiger partial charge is 0.381 e. The van der Waals surface area contributed by atoms with Gasteiger partial charge in [0.05, 0.1) is 12.1 Å². The molecule has 0 aromatic carbocycles. The van der Waals surface area contributed by atoms with E-state index in [2.05, 4.69) is 15.3 Å². The zero-order valence-corrected chi connectivity index (χ0v) is 13.5. The van der Waals surface area contributed by atoms with E-state index in [1.54, 1.807) is 17.3 Å². The fourth-order valence-electron chi connectivity index (χ4n) is 3.96. The Morgan fingerprint density at radius 1 is 1.46 bits per heavy atom. The van der Waals surface area contributed by atoms with Crippen LogP contribution in [0.3, 0.4) is 0 Å². The molecule has 0 aliphatic carbocycles. The molecule has 2 aliphatic rings. The number of amides is 2. The lowest BCUT2D eigenvalue weighted by Gasteiger charge is -2.38. The highest BCUT2D eigenvalue weighted by atomic mass is 16.5. The molecule has 2 aliphatic heterocycles. The Kier molecular flexibility index (Phi) is 3.53. The molecule has 0 bridgehead atoms. The summed E-state index contributed by atoms with van der Waals surface area (Å²) in [5.74, 6) is -0.0501. The van der Waals surface area contributed by atoms with Crippen molar-refractivity contribution in [3.05, 3.63) is 30.2 Å². The van der Waals surface area contributed by atoms with Crippen LogP contribution in [-0.2, 0) is 9.53 Å². The molecule has 2 fully saturated rings. The van der Waals surface area contributed by atoms with Gasteiger partial charge in [-0.25, -0.2) is 0 Å². The summed E-state index contributed by atoms with van der Waals surface area (Å²) < 4.78 is 5.57. The summed E-state index contributed by atoms with van der Waals surface area (Å²) in [7, 11) is 0. The predicted molar refractivity (Wildman–Crippen MR) is 87.5 cm³/mol. The van der Waals surface area contributed by atoms with Gasteiger partial charge in [-0.3, -0.25) is 14.6 Å². The van der Waals surface area contributed by atoms with E-state index < -0.39 is 0 Å². The fourth-order valence-corrected chi connectivity index (χ4v) is 3.96. The van der Waals surface area contributed by atoms with Crippen molar-refractivity contribution >= 4 is 22.7 Å². The highest BCUT2D eigenvalue weighted by Gasteiger charge is 2.50. The van der Waals surface area contributed by atoms with E-state index in [0.717, 1.165) is 17.3 Å². The number of nitrogens with one attached hydrogen (secondary N) is 2. The number of likely N-dealkylation sites (tertiary alicyclic amines) is 1. The maximum Gasteiger partial charge on any atom is 0.273 e. The lowest BCUT2D eigenvalue weighted by Crippen LogP contribution is -2.57. The van der Waals surface area contributed by atoms with Crippen LogP contribution in [0.4, 0.5) is 0 Å². The minimum Gasteiger partial charge on any atom is -0.381 e. The molecule has 126 valence electrons. The van der Waals surface area contributed by atoms with Crippen LogP contribution in [0.25, 0.3) is 10.9 Å². The molecule has 2 unspecified atom stereocenters. The lowest BCUT2D eigenvalue weighted by atomic mass is 9.83. The fraction of sp³-hybridized carbons (Fsp3) is 0.471. The number of ether oxygens (including phenoxy) is 1. The van der Waals surface area contributed by atoms with E-state index in [1.807, 2.05) is 12.1 Å².